The first-order chi connectivity index (χ1) is 66.0. The molecule has 0 amide bonds. The van der Waals surface area contributed by atoms with E-state index in [0.717, 1.165) is 86.7 Å². The average Bonchev–Trinajstić information content (AvgIpc) is 1.60. The van der Waals surface area contributed by atoms with Crippen molar-refractivity contribution in [3.05, 3.63) is 292 Å². The Morgan fingerprint density at radius 2 is 0.609 bits per heavy atom. The van der Waals surface area contributed by atoms with Crippen molar-refractivity contribution in [1.29, 1.82) is 0 Å². The molecular weight excluding hydrogens is 1880 g/mol. The number of thiophene rings is 1. The van der Waals surface area contributed by atoms with Crippen LogP contribution in [0, 0.1) is 69.2 Å². The SMILES string of the molecule is C[S+](C)c1ccc(O)c2ccc(O)cc12.C[S+](C)c1ccc(O)c2cccc(O)c12.C[S+](C)c1ccc(O)c2ccccc12.Cc1cc(O)cc(C)c1[S+]1CCCCC1.Cc1cc([S+]2C(C)CCC2C)cc(C)c1O.Cc1cc([S+]2CCCC2)cc(C)c1O.Cc1cc([S+]2CCCC2C)cc(C)c1O.Cc1cc([S+]2CCCCC2)cc(C)c1O.c1ccc(-[s+]2c3ccccc3c3ccccc32)cc1. The van der Waals surface area contributed by atoms with Gasteiger partial charge in [-0.2, -0.15) is 0 Å². The summed E-state index contributed by atoms with van der Waals surface area (Å²) in [6.45, 7) is 27.3. The van der Waals surface area contributed by atoms with Crippen molar-refractivity contribution in [2.75, 3.05) is 77.8 Å². The minimum Gasteiger partial charge on any atom is -0.508 e. The van der Waals surface area contributed by atoms with Crippen LogP contribution in [-0.4, -0.2) is 145 Å². The van der Waals surface area contributed by atoms with Crippen molar-refractivity contribution < 1.29 is 51.1 Å². The molecule has 5 aliphatic heterocycles. The molecule has 10 nitrogen and oxygen atoms in total. The van der Waals surface area contributed by atoms with E-state index < -0.39 is 0 Å². The third kappa shape index (κ3) is 27.2. The maximum Gasteiger partial charge on any atom is 0.187 e. The van der Waals surface area contributed by atoms with E-state index in [9.17, 15) is 51.1 Å². The van der Waals surface area contributed by atoms with Crippen LogP contribution >= 0.6 is 10.5 Å². The van der Waals surface area contributed by atoms with Gasteiger partial charge in [-0.05, 0) is 375 Å². The minimum absolute atomic E-state index is 0.0568. The Bertz CT molecular complexity index is 6450. The molecule has 20 rings (SSSR count). The van der Waals surface area contributed by atoms with Gasteiger partial charge in [-0.1, -0.05) is 72.8 Å². The predicted molar refractivity (Wildman–Crippen MR) is 612 cm³/mol. The minimum atomic E-state index is 0.0568. The fourth-order valence-corrected chi connectivity index (χ4v) is 37.8. The second-order valence-electron chi connectivity index (χ2n) is 37.5. The van der Waals surface area contributed by atoms with E-state index in [1.54, 1.807) is 48.5 Å². The Kier molecular flexibility index (Phi) is 39.4. The van der Waals surface area contributed by atoms with Gasteiger partial charge in [0.25, 0.3) is 0 Å². The van der Waals surface area contributed by atoms with Gasteiger partial charge in [-0.15, -0.1) is 0 Å². The summed E-state index contributed by atoms with van der Waals surface area (Å²) in [7, 11) is 2.63. The molecule has 728 valence electrons. The summed E-state index contributed by atoms with van der Waals surface area (Å²) in [6, 6.07) is 78.8. The molecule has 14 aromatic carbocycles. The normalized spacial score (nSPS) is 17.0. The largest absolute Gasteiger partial charge is 0.508 e. The van der Waals surface area contributed by atoms with E-state index in [1.165, 1.54) is 193 Å². The zero-order valence-electron chi connectivity index (χ0n) is 84.3. The molecule has 4 unspecified atom stereocenters. The first-order valence-corrected chi connectivity index (χ1v) is 63.1. The highest BCUT2D eigenvalue weighted by molar-refractivity contribution is 7.99. The molecular formula is C119H147O10S9+9. The number of hydrogen-bond acceptors (Lipinski definition) is 10. The fourth-order valence-electron chi connectivity index (χ4n) is 19.1. The van der Waals surface area contributed by atoms with Gasteiger partial charge < -0.3 is 51.1 Å². The van der Waals surface area contributed by atoms with Crippen molar-refractivity contribution in [3.63, 3.8) is 0 Å². The third-order valence-corrected chi connectivity index (χ3v) is 45.8. The summed E-state index contributed by atoms with van der Waals surface area (Å²) >= 11 is 0. The molecule has 138 heavy (non-hydrogen) atoms. The van der Waals surface area contributed by atoms with Crippen LogP contribution in [0.2, 0.25) is 0 Å². The van der Waals surface area contributed by atoms with E-state index in [4.69, 9.17) is 0 Å². The summed E-state index contributed by atoms with van der Waals surface area (Å²) in [4.78, 5) is 12.3. The number of phenols is 10. The average molecular weight is 2030 g/mol. The Labute approximate surface area is 848 Å². The van der Waals surface area contributed by atoms with Crippen LogP contribution in [0.3, 0.4) is 0 Å². The van der Waals surface area contributed by atoms with Crippen LogP contribution < -0.4 is 0 Å². The second kappa shape index (κ2) is 50.5. The Balaban J connectivity index is 0.000000139. The smallest absolute Gasteiger partial charge is 0.187 e. The molecule has 0 radical (unpaired) electrons. The Morgan fingerprint density at radius 3 is 1.04 bits per heavy atom. The maximum absolute atomic E-state index is 9.82. The van der Waals surface area contributed by atoms with Crippen molar-refractivity contribution >= 4 is 150 Å². The van der Waals surface area contributed by atoms with E-state index in [1.807, 2.05) is 110 Å². The number of aromatic hydroxyl groups is 10. The molecule has 19 heteroatoms. The molecule has 0 saturated carbocycles. The highest BCUT2D eigenvalue weighted by atomic mass is 32.2. The lowest BCUT2D eigenvalue weighted by atomic mass is 10.1. The van der Waals surface area contributed by atoms with Crippen molar-refractivity contribution in [3.8, 4) is 62.4 Å². The number of benzene rings is 14. The number of rotatable bonds is 9. The number of hydrogen-bond donors (Lipinski definition) is 10. The van der Waals surface area contributed by atoms with E-state index in [-0.39, 0.29) is 66.2 Å². The van der Waals surface area contributed by atoms with E-state index >= 15 is 0 Å². The predicted octanol–water partition coefficient (Wildman–Crippen LogP) is 29.3. The molecule has 5 saturated heterocycles. The molecule has 6 heterocycles. The molecule has 1 aromatic heterocycles. The van der Waals surface area contributed by atoms with Crippen LogP contribution in [0.4, 0.5) is 0 Å². The van der Waals surface area contributed by atoms with Crippen LogP contribution in [0.1, 0.15) is 153 Å². The van der Waals surface area contributed by atoms with Gasteiger partial charge in [0.1, 0.15) is 151 Å². The van der Waals surface area contributed by atoms with Gasteiger partial charge in [0.05, 0.1) is 5.39 Å². The molecule has 0 bridgehead atoms. The highest BCUT2D eigenvalue weighted by Crippen LogP contribution is 2.49. The van der Waals surface area contributed by atoms with Gasteiger partial charge >= 0.3 is 0 Å². The van der Waals surface area contributed by atoms with Gasteiger partial charge in [0.2, 0.25) is 0 Å². The van der Waals surface area contributed by atoms with Crippen molar-refractivity contribution in [2.45, 2.75) is 222 Å². The first-order valence-electron chi connectivity index (χ1n) is 48.2. The van der Waals surface area contributed by atoms with Gasteiger partial charge in [-0.3, -0.25) is 0 Å². The van der Waals surface area contributed by atoms with Crippen molar-refractivity contribution in [1.82, 2.24) is 0 Å². The van der Waals surface area contributed by atoms with Gasteiger partial charge in [-0.25, -0.2) is 0 Å². The molecule has 4 atom stereocenters. The molecule has 10 N–H and O–H groups in total. The highest BCUT2D eigenvalue weighted by Gasteiger charge is 2.42. The summed E-state index contributed by atoms with van der Waals surface area (Å²) in [5.74, 6) is 13.1. The fraction of sp³-hybridized carbons (Fsp3) is 0.345. The van der Waals surface area contributed by atoms with Crippen LogP contribution in [0.15, 0.2) is 276 Å². The summed E-state index contributed by atoms with van der Waals surface area (Å²) in [5, 5.41) is 107. The number of aryl methyl sites for hydroxylation is 10. The molecule has 5 fully saturated rings. The lowest BCUT2D eigenvalue weighted by molar-refractivity contribution is 0.466. The summed E-state index contributed by atoms with van der Waals surface area (Å²) in [5.41, 5.74) is 10.8. The first kappa shape index (κ1) is 108. The summed E-state index contributed by atoms with van der Waals surface area (Å²) in [6.07, 6.45) is 29.3. The standard InChI is InChI=1S/C18H13S.C14H20OS.3C13H18OS.2C12H12O2S.C12H16OS.C12H12OS/c1-2-8-14(9-3-1)19-17-12-6-4-10-15(17)16-11-5-7-13-18(16)19;1-9-7-13(8-10(2)14(9)15)16-11(3)5-6-12(16)4;1-9-7-12(8-10(2)13(9)14)15-6-4-5-11(15)3;1-10-8-12(9-11(2)13(10)14)15-6-4-3-5-7-15;1-10-8-12(14)9-11(2)13(10)15-6-4-3-5-7-15;1-15(2)12-6-5-11(14)9-4-3-8(13)7-10(9)12;1-15(2)11-7-6-9(13)8-4-3-5-10(14)12(8)11;1-9-7-11(8-10(2)12(9)13)14-5-3-4-6-14;1-14(2)12-8-7-11(13)9-5-3-4-6-10(9)12/h1-13H;7-8,11-12H,5-6H2,1-4H3;7-8,11H,4-6H2,1-3H3;2*8-9H,3-7H2,1-2H3;2*3-7H,1-2H3,(H-,13,14);7-8H,3-6H2,1-2H3;3-8H,1-2H3/q+1;;;;;;;;/p+8. The number of fused-ring (bicyclic) bond motifs is 6. The molecule has 5 aliphatic rings. The Morgan fingerprint density at radius 1 is 0.246 bits per heavy atom. The zero-order chi connectivity index (χ0) is 99.5. The van der Waals surface area contributed by atoms with Crippen LogP contribution in [-0.2, 0) is 87.2 Å². The molecule has 0 aliphatic carbocycles. The third-order valence-electron chi connectivity index (χ3n) is 26.3. The lowest BCUT2D eigenvalue weighted by Gasteiger charge is -2.16. The van der Waals surface area contributed by atoms with Crippen LogP contribution in [0.5, 0.6) is 57.5 Å². The monoisotopic (exact) mass is 2020 g/mol. The molecule has 0 spiro atoms. The zero-order valence-corrected chi connectivity index (χ0v) is 91.7. The molecule has 15 aromatic rings. The van der Waals surface area contributed by atoms with E-state index in [0.29, 0.717) is 94.4 Å². The van der Waals surface area contributed by atoms with Crippen LogP contribution in [0.25, 0.3) is 57.4 Å². The topological polar surface area (TPSA) is 202 Å². The van der Waals surface area contributed by atoms with Gasteiger partial charge in [0.15, 0.2) is 53.5 Å². The number of phenolic OH excluding ortho intramolecular Hbond substituents is 10. The van der Waals surface area contributed by atoms with E-state index in [2.05, 4.69) is 206 Å². The lowest BCUT2D eigenvalue weighted by Crippen LogP contribution is -2.19. The maximum atomic E-state index is 9.82. The van der Waals surface area contributed by atoms with Crippen molar-refractivity contribution in [2.24, 2.45) is 0 Å². The van der Waals surface area contributed by atoms with Gasteiger partial charge in [0, 0.05) is 146 Å². The Hall–Kier alpha value is -9.12. The second-order valence-corrected chi connectivity index (χ2v) is 57.8. The summed E-state index contributed by atoms with van der Waals surface area (Å²) < 4.78 is 2.91. The quantitative estimate of drug-likeness (QED) is 0.0620.